The summed E-state index contributed by atoms with van der Waals surface area (Å²) in [4.78, 5) is 22.8. The lowest BCUT2D eigenvalue weighted by Crippen LogP contribution is -2.32. The number of pyridine rings is 1. The average molecular weight is 509 g/mol. The normalized spacial score (nSPS) is 13.1. The van der Waals surface area contributed by atoms with Crippen LogP contribution in [0.25, 0.3) is 22.4 Å². The molecule has 11 heteroatoms. The van der Waals surface area contributed by atoms with Crippen molar-refractivity contribution in [2.75, 3.05) is 5.73 Å². The zero-order valence-corrected chi connectivity index (χ0v) is 19.3. The molecule has 4 aromatic rings. The number of nitrogen functional groups attached to an aromatic ring is 1. The van der Waals surface area contributed by atoms with Gasteiger partial charge in [-0.15, -0.1) is 0 Å². The monoisotopic (exact) mass is 509 g/mol. The number of alkyl halides is 3. The first kappa shape index (κ1) is 25.6. The summed E-state index contributed by atoms with van der Waals surface area (Å²) in [5, 5.41) is 8.96. The topological polar surface area (TPSA) is 137 Å². The Morgan fingerprint density at radius 1 is 0.919 bits per heavy atom. The van der Waals surface area contributed by atoms with E-state index in [0.29, 0.717) is 11.1 Å². The first-order chi connectivity index (χ1) is 17.6. The molecule has 2 heterocycles. The summed E-state index contributed by atoms with van der Waals surface area (Å²) in [6.07, 6.45) is -3.71. The van der Waals surface area contributed by atoms with E-state index < -0.39 is 24.3 Å². The van der Waals surface area contributed by atoms with E-state index in [4.69, 9.17) is 21.3 Å². The standard InChI is InChI=1S/C26H22F3N5O3/c27-26(28,29)23(19-7-5-16(6-8-19)17-9-11-32-12-10-17)37-22-14-21(33-25(31)34-22)18-3-1-15(2-4-18)13-20(30)24(35)36/h1-12,14,20,23H,13,30H2,(H,35,36)(H2,31,33,34)/t20-,23-/m0/s1. The molecule has 190 valence electrons. The largest absolute Gasteiger partial charge is 0.480 e. The maximum absolute atomic E-state index is 14.0. The lowest BCUT2D eigenvalue weighted by molar-refractivity contribution is -0.198. The van der Waals surface area contributed by atoms with Crippen LogP contribution in [0.15, 0.2) is 79.1 Å². The van der Waals surface area contributed by atoms with Crippen LogP contribution in [0.2, 0.25) is 0 Å². The number of carboxylic acid groups (broad SMARTS) is 1. The van der Waals surface area contributed by atoms with Crippen LogP contribution in [0.4, 0.5) is 19.1 Å². The zero-order chi connectivity index (χ0) is 26.6. The van der Waals surface area contributed by atoms with Gasteiger partial charge in [-0.05, 0) is 35.2 Å². The van der Waals surface area contributed by atoms with Gasteiger partial charge in [-0.25, -0.2) is 4.98 Å². The third-order valence-electron chi connectivity index (χ3n) is 5.51. The highest BCUT2D eigenvalue weighted by Gasteiger charge is 2.43. The highest BCUT2D eigenvalue weighted by Crippen LogP contribution is 2.38. The van der Waals surface area contributed by atoms with E-state index in [2.05, 4.69) is 15.0 Å². The Morgan fingerprint density at radius 2 is 1.51 bits per heavy atom. The number of aliphatic carboxylic acids is 1. The summed E-state index contributed by atoms with van der Waals surface area (Å²) in [5.41, 5.74) is 14.2. The Bertz CT molecular complexity index is 1370. The van der Waals surface area contributed by atoms with Crippen molar-refractivity contribution >= 4 is 11.9 Å². The van der Waals surface area contributed by atoms with Crippen LogP contribution >= 0.6 is 0 Å². The SMILES string of the molecule is Nc1nc(O[C@@H](c2ccc(-c3ccncc3)cc2)C(F)(F)F)cc(-c2ccc(C[C@H](N)C(=O)O)cc2)n1. The third-order valence-corrected chi connectivity index (χ3v) is 5.51. The van der Waals surface area contributed by atoms with E-state index in [-0.39, 0.29) is 29.5 Å². The van der Waals surface area contributed by atoms with Crippen molar-refractivity contribution in [1.29, 1.82) is 0 Å². The smallest absolute Gasteiger partial charge is 0.429 e. The second-order valence-corrected chi connectivity index (χ2v) is 8.19. The van der Waals surface area contributed by atoms with Crippen LogP contribution in [0, 0.1) is 0 Å². The molecule has 4 rings (SSSR count). The van der Waals surface area contributed by atoms with Crippen molar-refractivity contribution in [3.8, 4) is 28.3 Å². The second kappa shape index (κ2) is 10.6. The van der Waals surface area contributed by atoms with Gasteiger partial charge >= 0.3 is 12.1 Å². The Kier molecular flexibility index (Phi) is 7.35. The van der Waals surface area contributed by atoms with Gasteiger partial charge in [-0.2, -0.15) is 18.2 Å². The van der Waals surface area contributed by atoms with Crippen molar-refractivity contribution in [1.82, 2.24) is 15.0 Å². The molecule has 0 aliphatic carbocycles. The molecule has 8 nitrogen and oxygen atoms in total. The molecule has 0 unspecified atom stereocenters. The average Bonchev–Trinajstić information content (AvgIpc) is 2.87. The van der Waals surface area contributed by atoms with Crippen molar-refractivity contribution in [2.45, 2.75) is 24.7 Å². The Labute approximate surface area is 209 Å². The molecular weight excluding hydrogens is 487 g/mol. The van der Waals surface area contributed by atoms with Crippen LogP contribution in [-0.2, 0) is 11.2 Å². The van der Waals surface area contributed by atoms with E-state index in [9.17, 15) is 18.0 Å². The highest BCUT2D eigenvalue weighted by molar-refractivity contribution is 5.73. The first-order valence-corrected chi connectivity index (χ1v) is 11.1. The number of carbonyl (C=O) groups is 1. The summed E-state index contributed by atoms with van der Waals surface area (Å²) in [6, 6.07) is 16.1. The summed E-state index contributed by atoms with van der Waals surface area (Å²) in [6.45, 7) is 0. The van der Waals surface area contributed by atoms with E-state index in [0.717, 1.165) is 11.1 Å². The summed E-state index contributed by atoms with van der Waals surface area (Å²) in [7, 11) is 0. The molecule has 2 aromatic heterocycles. The molecule has 0 fully saturated rings. The van der Waals surface area contributed by atoms with E-state index in [1.807, 2.05) is 0 Å². The second-order valence-electron chi connectivity index (χ2n) is 8.19. The fourth-order valence-corrected chi connectivity index (χ4v) is 3.64. The van der Waals surface area contributed by atoms with Gasteiger partial charge < -0.3 is 21.3 Å². The Morgan fingerprint density at radius 3 is 2.11 bits per heavy atom. The van der Waals surface area contributed by atoms with Gasteiger partial charge in [0, 0.05) is 29.6 Å². The number of anilines is 1. The molecule has 0 aliphatic rings. The minimum Gasteiger partial charge on any atom is -0.480 e. The lowest BCUT2D eigenvalue weighted by atomic mass is 10.0. The number of rotatable bonds is 8. The van der Waals surface area contributed by atoms with Gasteiger partial charge in [0.1, 0.15) is 6.04 Å². The van der Waals surface area contributed by atoms with E-state index in [1.165, 1.54) is 18.2 Å². The number of nitrogens with two attached hydrogens (primary N) is 2. The molecule has 5 N–H and O–H groups in total. The molecule has 0 saturated heterocycles. The molecule has 2 aromatic carbocycles. The predicted molar refractivity (Wildman–Crippen MR) is 130 cm³/mol. The van der Waals surface area contributed by atoms with Gasteiger partial charge in [0.05, 0.1) is 5.69 Å². The molecule has 0 radical (unpaired) electrons. The summed E-state index contributed by atoms with van der Waals surface area (Å²) < 4.78 is 47.3. The maximum atomic E-state index is 14.0. The number of benzene rings is 2. The van der Waals surface area contributed by atoms with E-state index in [1.54, 1.807) is 60.9 Å². The zero-order valence-electron chi connectivity index (χ0n) is 19.3. The van der Waals surface area contributed by atoms with Crippen LogP contribution < -0.4 is 16.2 Å². The summed E-state index contributed by atoms with van der Waals surface area (Å²) in [5.74, 6) is -1.74. The van der Waals surface area contributed by atoms with Gasteiger partial charge in [0.15, 0.2) is 0 Å². The summed E-state index contributed by atoms with van der Waals surface area (Å²) >= 11 is 0. The van der Waals surface area contributed by atoms with Gasteiger partial charge in [-0.1, -0.05) is 48.5 Å². The van der Waals surface area contributed by atoms with Crippen molar-refractivity contribution in [2.24, 2.45) is 5.73 Å². The van der Waals surface area contributed by atoms with Crippen molar-refractivity contribution in [3.05, 3.63) is 90.3 Å². The fraction of sp³-hybridized carbons (Fsp3) is 0.154. The maximum Gasteiger partial charge on any atom is 0.429 e. The fourth-order valence-electron chi connectivity index (χ4n) is 3.64. The van der Waals surface area contributed by atoms with Crippen molar-refractivity contribution in [3.63, 3.8) is 0 Å². The van der Waals surface area contributed by atoms with Crippen LogP contribution in [0.1, 0.15) is 17.2 Å². The van der Waals surface area contributed by atoms with E-state index >= 15 is 0 Å². The number of ether oxygens (including phenoxy) is 1. The molecule has 0 spiro atoms. The molecule has 0 aliphatic heterocycles. The highest BCUT2D eigenvalue weighted by atomic mass is 19.4. The molecule has 0 amide bonds. The Hall–Kier alpha value is -4.51. The third kappa shape index (κ3) is 6.39. The van der Waals surface area contributed by atoms with Gasteiger partial charge in [-0.3, -0.25) is 9.78 Å². The van der Waals surface area contributed by atoms with Crippen LogP contribution in [0.5, 0.6) is 5.88 Å². The minimum atomic E-state index is -4.73. The molecule has 2 atom stereocenters. The minimum absolute atomic E-state index is 0.108. The lowest BCUT2D eigenvalue weighted by Gasteiger charge is -2.22. The number of halogens is 3. The van der Waals surface area contributed by atoms with Crippen LogP contribution in [-0.4, -0.2) is 38.2 Å². The van der Waals surface area contributed by atoms with Crippen molar-refractivity contribution < 1.29 is 27.8 Å². The number of carboxylic acids is 1. The first-order valence-electron chi connectivity index (χ1n) is 11.1. The number of hydrogen-bond acceptors (Lipinski definition) is 7. The quantitative estimate of drug-likeness (QED) is 0.317. The number of hydrogen-bond donors (Lipinski definition) is 3. The molecular formula is C26H22F3N5O3. The van der Waals surface area contributed by atoms with Crippen LogP contribution in [0.3, 0.4) is 0 Å². The number of aromatic nitrogens is 3. The van der Waals surface area contributed by atoms with Gasteiger partial charge in [0.2, 0.25) is 17.9 Å². The van der Waals surface area contributed by atoms with Gasteiger partial charge in [0.25, 0.3) is 0 Å². The number of nitrogens with zero attached hydrogens (tertiary/aromatic N) is 3. The predicted octanol–water partition coefficient (Wildman–Crippen LogP) is 4.42. The Balaban J connectivity index is 1.58. The molecule has 37 heavy (non-hydrogen) atoms. The molecule has 0 saturated carbocycles. The molecule has 0 bridgehead atoms.